The summed E-state index contributed by atoms with van der Waals surface area (Å²) in [6.07, 6.45) is 0. The van der Waals surface area contributed by atoms with Gasteiger partial charge < -0.3 is 4.74 Å². The lowest BCUT2D eigenvalue weighted by atomic mass is 10.1. The molecule has 0 aliphatic carbocycles. The van der Waals surface area contributed by atoms with Crippen LogP contribution in [0.1, 0.15) is 12.5 Å². The Balaban J connectivity index is 2.61. The van der Waals surface area contributed by atoms with Gasteiger partial charge in [0.25, 0.3) is 0 Å². The molecule has 0 heterocycles. The van der Waals surface area contributed by atoms with Crippen molar-refractivity contribution in [2.75, 3.05) is 11.2 Å². The van der Waals surface area contributed by atoms with Crippen LogP contribution in [-0.2, 0) is 11.3 Å². The number of benzene rings is 1. The molecular formula is C11H13BrCl2O. The Bertz CT molecular complexity index is 313. The Morgan fingerprint density at radius 2 is 2.07 bits per heavy atom. The van der Waals surface area contributed by atoms with Gasteiger partial charge in [-0.15, -0.1) is 11.6 Å². The fourth-order valence-corrected chi connectivity index (χ4v) is 1.93. The minimum absolute atomic E-state index is 0.347. The summed E-state index contributed by atoms with van der Waals surface area (Å²) >= 11 is 15.2. The molecule has 0 saturated carbocycles. The average Bonchev–Trinajstić information content (AvgIpc) is 2.28. The molecule has 0 aliphatic rings. The second-order valence-electron chi connectivity index (χ2n) is 3.60. The lowest BCUT2D eigenvalue weighted by Gasteiger charge is -2.25. The van der Waals surface area contributed by atoms with Crippen LogP contribution in [0.4, 0.5) is 0 Å². The molecular weight excluding hydrogens is 299 g/mol. The maximum Gasteiger partial charge on any atom is 0.0890 e. The van der Waals surface area contributed by atoms with Crippen molar-refractivity contribution < 1.29 is 4.74 Å². The van der Waals surface area contributed by atoms with E-state index in [1.165, 1.54) is 0 Å². The SMILES string of the molecule is CC(CCl)(CBr)OCc1ccccc1Cl. The second kappa shape index (κ2) is 6.09. The summed E-state index contributed by atoms with van der Waals surface area (Å²) in [4.78, 5) is 0. The van der Waals surface area contributed by atoms with Gasteiger partial charge in [-0.2, -0.15) is 0 Å². The highest BCUT2D eigenvalue weighted by molar-refractivity contribution is 9.09. The number of hydrogen-bond acceptors (Lipinski definition) is 1. The molecule has 1 atom stereocenters. The first-order chi connectivity index (χ1) is 7.11. The molecule has 0 aromatic heterocycles. The van der Waals surface area contributed by atoms with Crippen molar-refractivity contribution >= 4 is 39.1 Å². The molecule has 0 amide bonds. The summed E-state index contributed by atoms with van der Waals surface area (Å²) in [6.45, 7) is 2.44. The normalized spacial score (nSPS) is 14.9. The highest BCUT2D eigenvalue weighted by atomic mass is 79.9. The van der Waals surface area contributed by atoms with Crippen LogP contribution in [-0.4, -0.2) is 16.8 Å². The van der Waals surface area contributed by atoms with E-state index in [1.807, 2.05) is 31.2 Å². The molecule has 1 rings (SSSR count). The Labute approximate surface area is 109 Å². The molecule has 84 valence electrons. The van der Waals surface area contributed by atoms with Gasteiger partial charge in [-0.3, -0.25) is 0 Å². The fourth-order valence-electron chi connectivity index (χ4n) is 0.980. The molecule has 1 aromatic rings. The lowest BCUT2D eigenvalue weighted by molar-refractivity contribution is -0.00763. The summed E-state index contributed by atoms with van der Waals surface area (Å²) in [5.74, 6) is 0.447. The minimum atomic E-state index is -0.347. The van der Waals surface area contributed by atoms with E-state index < -0.39 is 0 Å². The number of ether oxygens (including phenoxy) is 1. The standard InChI is InChI=1S/C11H13BrCl2O/c1-11(7-12,8-13)15-6-9-4-2-3-5-10(9)14/h2-5H,6-8H2,1H3. The molecule has 4 heteroatoms. The third kappa shape index (κ3) is 3.95. The Hall–Kier alpha value is 0.240. The largest absolute Gasteiger partial charge is 0.368 e. The first-order valence-electron chi connectivity index (χ1n) is 4.60. The van der Waals surface area contributed by atoms with Crippen LogP contribution in [0, 0.1) is 0 Å². The highest BCUT2D eigenvalue weighted by Crippen LogP contribution is 2.21. The summed E-state index contributed by atoms with van der Waals surface area (Å²) in [7, 11) is 0. The topological polar surface area (TPSA) is 9.23 Å². The van der Waals surface area contributed by atoms with E-state index in [9.17, 15) is 0 Å². The summed E-state index contributed by atoms with van der Waals surface area (Å²) in [5.41, 5.74) is 0.636. The molecule has 1 nitrogen and oxygen atoms in total. The van der Waals surface area contributed by atoms with E-state index in [-0.39, 0.29) is 5.60 Å². The van der Waals surface area contributed by atoms with Crippen LogP contribution in [0.5, 0.6) is 0 Å². The maximum absolute atomic E-state index is 6.01. The van der Waals surface area contributed by atoms with Gasteiger partial charge in [-0.1, -0.05) is 45.7 Å². The van der Waals surface area contributed by atoms with Crippen LogP contribution >= 0.6 is 39.1 Å². The van der Waals surface area contributed by atoms with Crippen LogP contribution in [0.15, 0.2) is 24.3 Å². The molecule has 0 bridgehead atoms. The van der Waals surface area contributed by atoms with Gasteiger partial charge in [0.1, 0.15) is 0 Å². The van der Waals surface area contributed by atoms with Gasteiger partial charge in [0, 0.05) is 10.4 Å². The van der Waals surface area contributed by atoms with Gasteiger partial charge in [0.15, 0.2) is 0 Å². The zero-order chi connectivity index (χ0) is 11.3. The van der Waals surface area contributed by atoms with Crippen molar-refractivity contribution in [2.45, 2.75) is 19.1 Å². The summed E-state index contributed by atoms with van der Waals surface area (Å²) in [6, 6.07) is 7.64. The Morgan fingerprint density at radius 3 is 2.60 bits per heavy atom. The Morgan fingerprint density at radius 1 is 1.40 bits per heavy atom. The van der Waals surface area contributed by atoms with Crippen LogP contribution in [0.2, 0.25) is 5.02 Å². The monoisotopic (exact) mass is 310 g/mol. The molecule has 15 heavy (non-hydrogen) atoms. The van der Waals surface area contributed by atoms with Gasteiger partial charge in [0.05, 0.1) is 18.1 Å². The minimum Gasteiger partial charge on any atom is -0.368 e. The van der Waals surface area contributed by atoms with Gasteiger partial charge in [-0.05, 0) is 18.6 Å². The zero-order valence-electron chi connectivity index (χ0n) is 8.47. The fraction of sp³-hybridized carbons (Fsp3) is 0.455. The summed E-state index contributed by atoms with van der Waals surface area (Å²) < 4.78 is 5.73. The van der Waals surface area contributed by atoms with Crippen molar-refractivity contribution in [1.29, 1.82) is 0 Å². The number of halogens is 3. The predicted molar refractivity (Wildman–Crippen MR) is 69.2 cm³/mol. The molecule has 0 aliphatic heterocycles. The van der Waals surface area contributed by atoms with E-state index in [0.29, 0.717) is 17.8 Å². The quantitative estimate of drug-likeness (QED) is 0.739. The number of alkyl halides is 2. The average molecular weight is 312 g/mol. The van der Waals surface area contributed by atoms with E-state index >= 15 is 0 Å². The molecule has 0 N–H and O–H groups in total. The van der Waals surface area contributed by atoms with E-state index in [2.05, 4.69) is 15.9 Å². The first kappa shape index (κ1) is 13.3. The molecule has 0 spiro atoms. The second-order valence-corrected chi connectivity index (χ2v) is 4.83. The van der Waals surface area contributed by atoms with E-state index in [4.69, 9.17) is 27.9 Å². The van der Waals surface area contributed by atoms with Crippen molar-refractivity contribution in [2.24, 2.45) is 0 Å². The van der Waals surface area contributed by atoms with Crippen LogP contribution in [0.25, 0.3) is 0 Å². The molecule has 0 radical (unpaired) electrons. The van der Waals surface area contributed by atoms with Gasteiger partial charge in [-0.25, -0.2) is 0 Å². The highest BCUT2D eigenvalue weighted by Gasteiger charge is 2.22. The van der Waals surface area contributed by atoms with Crippen molar-refractivity contribution in [3.05, 3.63) is 34.9 Å². The van der Waals surface area contributed by atoms with Crippen molar-refractivity contribution in [3.8, 4) is 0 Å². The van der Waals surface area contributed by atoms with E-state index in [0.717, 1.165) is 10.6 Å². The molecule has 1 aromatic carbocycles. The van der Waals surface area contributed by atoms with Gasteiger partial charge >= 0.3 is 0 Å². The van der Waals surface area contributed by atoms with E-state index in [1.54, 1.807) is 0 Å². The van der Waals surface area contributed by atoms with Crippen LogP contribution < -0.4 is 0 Å². The zero-order valence-corrected chi connectivity index (χ0v) is 11.6. The van der Waals surface area contributed by atoms with Crippen molar-refractivity contribution in [3.63, 3.8) is 0 Å². The molecule has 0 saturated heterocycles. The first-order valence-corrected chi connectivity index (χ1v) is 6.64. The maximum atomic E-state index is 6.01. The Kier molecular flexibility index (Phi) is 5.41. The summed E-state index contributed by atoms with van der Waals surface area (Å²) in [5, 5.41) is 1.43. The number of hydrogen-bond donors (Lipinski definition) is 0. The van der Waals surface area contributed by atoms with Gasteiger partial charge in [0.2, 0.25) is 0 Å². The van der Waals surface area contributed by atoms with Crippen molar-refractivity contribution in [1.82, 2.24) is 0 Å². The third-order valence-electron chi connectivity index (χ3n) is 2.10. The predicted octanol–water partition coefficient (Wildman–Crippen LogP) is 4.25. The lowest BCUT2D eigenvalue weighted by Crippen LogP contribution is -2.32. The molecule has 0 fully saturated rings. The molecule has 1 unspecified atom stereocenters. The van der Waals surface area contributed by atoms with Crippen LogP contribution in [0.3, 0.4) is 0 Å². The third-order valence-corrected chi connectivity index (χ3v) is 4.22. The number of rotatable bonds is 5. The smallest absolute Gasteiger partial charge is 0.0890 e.